The van der Waals surface area contributed by atoms with Gasteiger partial charge in [0.2, 0.25) is 0 Å². The van der Waals surface area contributed by atoms with Crippen LogP contribution in [0.1, 0.15) is 24.3 Å². The Kier molecular flexibility index (Phi) is 2.50. The van der Waals surface area contributed by atoms with Crippen LogP contribution in [0.4, 0.5) is 0 Å². The van der Waals surface area contributed by atoms with Crippen molar-refractivity contribution < 1.29 is 9.84 Å². The summed E-state index contributed by atoms with van der Waals surface area (Å²) in [5.74, 6) is 1.47. The van der Waals surface area contributed by atoms with Gasteiger partial charge in [-0.3, -0.25) is 0 Å². The molecular weight excluding hydrogens is 164 g/mol. The molecule has 0 saturated heterocycles. The molecule has 1 aromatic carbocycles. The van der Waals surface area contributed by atoms with Crippen LogP contribution in [0, 0.1) is 0 Å². The number of aliphatic hydroxyl groups is 1. The SMILES string of the molecule is OCCC1CCOc2ccccc21. The topological polar surface area (TPSA) is 29.5 Å². The average molecular weight is 178 g/mol. The molecule has 0 aromatic heterocycles. The molecule has 0 amide bonds. The van der Waals surface area contributed by atoms with E-state index in [2.05, 4.69) is 6.07 Å². The number of rotatable bonds is 2. The molecule has 1 unspecified atom stereocenters. The van der Waals surface area contributed by atoms with Gasteiger partial charge in [0.1, 0.15) is 5.75 Å². The van der Waals surface area contributed by atoms with E-state index < -0.39 is 0 Å². The van der Waals surface area contributed by atoms with Crippen LogP contribution >= 0.6 is 0 Å². The molecule has 2 nitrogen and oxygen atoms in total. The van der Waals surface area contributed by atoms with E-state index in [4.69, 9.17) is 9.84 Å². The normalized spacial score (nSPS) is 20.5. The van der Waals surface area contributed by atoms with Crippen LogP contribution in [0.3, 0.4) is 0 Å². The molecule has 0 bridgehead atoms. The standard InChI is InChI=1S/C11H14O2/c12-7-5-9-6-8-13-11-4-2-1-3-10(9)11/h1-4,9,12H,5-8H2. The first-order chi connectivity index (χ1) is 6.42. The lowest BCUT2D eigenvalue weighted by molar-refractivity contribution is 0.230. The molecule has 0 radical (unpaired) electrons. The largest absolute Gasteiger partial charge is 0.493 e. The van der Waals surface area contributed by atoms with Crippen LogP contribution in [0.5, 0.6) is 5.75 Å². The van der Waals surface area contributed by atoms with Gasteiger partial charge in [0.25, 0.3) is 0 Å². The summed E-state index contributed by atoms with van der Waals surface area (Å²) in [4.78, 5) is 0. The maximum Gasteiger partial charge on any atom is 0.122 e. The predicted octanol–water partition coefficient (Wildman–Crippen LogP) is 1.94. The molecule has 2 heteroatoms. The molecule has 13 heavy (non-hydrogen) atoms. The minimum Gasteiger partial charge on any atom is -0.493 e. The summed E-state index contributed by atoms with van der Waals surface area (Å²) in [5.41, 5.74) is 1.25. The van der Waals surface area contributed by atoms with Crippen LogP contribution in [-0.4, -0.2) is 18.3 Å². The molecule has 0 aliphatic carbocycles. The Bertz CT molecular complexity index is 283. The molecule has 1 N–H and O–H groups in total. The lowest BCUT2D eigenvalue weighted by atomic mass is 9.91. The highest BCUT2D eigenvalue weighted by Gasteiger charge is 2.19. The third-order valence-electron chi connectivity index (χ3n) is 2.56. The molecule has 1 aromatic rings. The molecule has 1 atom stereocenters. The Morgan fingerprint density at radius 1 is 1.38 bits per heavy atom. The maximum absolute atomic E-state index is 8.90. The highest BCUT2D eigenvalue weighted by atomic mass is 16.5. The summed E-state index contributed by atoms with van der Waals surface area (Å²) < 4.78 is 5.52. The van der Waals surface area contributed by atoms with E-state index >= 15 is 0 Å². The van der Waals surface area contributed by atoms with Crippen molar-refractivity contribution in [1.29, 1.82) is 0 Å². The van der Waals surface area contributed by atoms with Crippen LogP contribution in [0.15, 0.2) is 24.3 Å². The van der Waals surface area contributed by atoms with Gasteiger partial charge in [-0.05, 0) is 30.4 Å². The number of aliphatic hydroxyl groups excluding tert-OH is 1. The zero-order chi connectivity index (χ0) is 9.10. The predicted molar refractivity (Wildman–Crippen MR) is 51.0 cm³/mol. The van der Waals surface area contributed by atoms with Crippen LogP contribution in [0.25, 0.3) is 0 Å². The summed E-state index contributed by atoms with van der Waals surface area (Å²) in [5, 5.41) is 8.90. The van der Waals surface area contributed by atoms with Gasteiger partial charge in [0.05, 0.1) is 6.61 Å². The van der Waals surface area contributed by atoms with E-state index in [9.17, 15) is 0 Å². The number of hydrogen-bond acceptors (Lipinski definition) is 2. The van der Waals surface area contributed by atoms with Gasteiger partial charge >= 0.3 is 0 Å². The van der Waals surface area contributed by atoms with Gasteiger partial charge in [-0.2, -0.15) is 0 Å². The van der Waals surface area contributed by atoms with E-state index in [0.717, 1.165) is 25.2 Å². The molecule has 0 saturated carbocycles. The monoisotopic (exact) mass is 178 g/mol. The summed E-state index contributed by atoms with van der Waals surface area (Å²) in [6.07, 6.45) is 1.87. The number of hydrogen-bond donors (Lipinski definition) is 1. The summed E-state index contributed by atoms with van der Waals surface area (Å²) in [7, 11) is 0. The molecule has 1 aliphatic rings. The second-order valence-corrected chi connectivity index (χ2v) is 3.38. The van der Waals surface area contributed by atoms with Crippen molar-refractivity contribution in [3.8, 4) is 5.75 Å². The first-order valence-electron chi connectivity index (χ1n) is 4.74. The van der Waals surface area contributed by atoms with Gasteiger partial charge < -0.3 is 9.84 Å². The van der Waals surface area contributed by atoms with Gasteiger partial charge in [-0.15, -0.1) is 0 Å². The van der Waals surface area contributed by atoms with Gasteiger partial charge in [0.15, 0.2) is 0 Å². The molecule has 0 fully saturated rings. The van der Waals surface area contributed by atoms with Crippen LogP contribution in [0.2, 0.25) is 0 Å². The van der Waals surface area contributed by atoms with Crippen molar-refractivity contribution in [2.75, 3.05) is 13.2 Å². The molecule has 1 heterocycles. The fourth-order valence-corrected chi connectivity index (χ4v) is 1.87. The summed E-state index contributed by atoms with van der Waals surface area (Å²) >= 11 is 0. The molecule has 0 spiro atoms. The van der Waals surface area contributed by atoms with Crippen molar-refractivity contribution >= 4 is 0 Å². The highest BCUT2D eigenvalue weighted by Crippen LogP contribution is 2.34. The van der Waals surface area contributed by atoms with E-state index in [-0.39, 0.29) is 6.61 Å². The smallest absolute Gasteiger partial charge is 0.122 e. The third-order valence-corrected chi connectivity index (χ3v) is 2.56. The second-order valence-electron chi connectivity index (χ2n) is 3.38. The van der Waals surface area contributed by atoms with E-state index in [1.165, 1.54) is 5.56 Å². The Hall–Kier alpha value is -1.02. The molecular formula is C11H14O2. The first kappa shape index (κ1) is 8.57. The Morgan fingerprint density at radius 3 is 3.08 bits per heavy atom. The Balaban J connectivity index is 2.26. The summed E-state index contributed by atoms with van der Waals surface area (Å²) in [6, 6.07) is 8.10. The second kappa shape index (κ2) is 3.79. The van der Waals surface area contributed by atoms with E-state index in [1.54, 1.807) is 0 Å². The number of benzene rings is 1. The fraction of sp³-hybridized carbons (Fsp3) is 0.455. The van der Waals surface area contributed by atoms with Crippen molar-refractivity contribution in [2.24, 2.45) is 0 Å². The maximum atomic E-state index is 8.90. The van der Waals surface area contributed by atoms with E-state index in [0.29, 0.717) is 5.92 Å². The average Bonchev–Trinajstić information content (AvgIpc) is 2.19. The minimum atomic E-state index is 0.263. The lowest BCUT2D eigenvalue weighted by Gasteiger charge is -2.25. The lowest BCUT2D eigenvalue weighted by Crippen LogP contribution is -2.14. The zero-order valence-corrected chi connectivity index (χ0v) is 7.57. The minimum absolute atomic E-state index is 0.263. The molecule has 1 aliphatic heterocycles. The number of ether oxygens (including phenoxy) is 1. The van der Waals surface area contributed by atoms with Crippen LogP contribution < -0.4 is 4.74 Å². The van der Waals surface area contributed by atoms with Crippen molar-refractivity contribution in [3.05, 3.63) is 29.8 Å². The molecule has 2 rings (SSSR count). The first-order valence-corrected chi connectivity index (χ1v) is 4.74. The highest BCUT2D eigenvalue weighted by molar-refractivity contribution is 5.37. The van der Waals surface area contributed by atoms with E-state index in [1.807, 2.05) is 18.2 Å². The Morgan fingerprint density at radius 2 is 2.23 bits per heavy atom. The number of fused-ring (bicyclic) bond motifs is 1. The number of para-hydroxylation sites is 1. The van der Waals surface area contributed by atoms with Crippen molar-refractivity contribution in [3.63, 3.8) is 0 Å². The van der Waals surface area contributed by atoms with Crippen molar-refractivity contribution in [2.45, 2.75) is 18.8 Å². The quantitative estimate of drug-likeness (QED) is 0.749. The third kappa shape index (κ3) is 1.68. The van der Waals surface area contributed by atoms with Gasteiger partial charge in [0, 0.05) is 6.61 Å². The van der Waals surface area contributed by atoms with Crippen LogP contribution in [-0.2, 0) is 0 Å². The van der Waals surface area contributed by atoms with Gasteiger partial charge in [-0.25, -0.2) is 0 Å². The van der Waals surface area contributed by atoms with Crippen molar-refractivity contribution in [1.82, 2.24) is 0 Å². The molecule has 70 valence electrons. The van der Waals surface area contributed by atoms with Gasteiger partial charge in [-0.1, -0.05) is 18.2 Å². The fourth-order valence-electron chi connectivity index (χ4n) is 1.87. The summed E-state index contributed by atoms with van der Waals surface area (Å²) in [6.45, 7) is 1.04. The zero-order valence-electron chi connectivity index (χ0n) is 7.57. The Labute approximate surface area is 78.2 Å².